The number of aliphatic hydroxyl groups is 2. The van der Waals surface area contributed by atoms with E-state index in [1.807, 2.05) is 0 Å². The lowest BCUT2D eigenvalue weighted by molar-refractivity contribution is 0.186. The fraction of sp³-hybridized carbons (Fsp3) is 1.00. The first kappa shape index (κ1) is 12.9. The zero-order chi connectivity index (χ0) is 10.5. The predicted octanol–water partition coefficient (Wildman–Crippen LogP) is -0.0554. The van der Waals surface area contributed by atoms with Crippen LogP contribution in [0.4, 0.5) is 0 Å². The predicted molar refractivity (Wildman–Crippen MR) is 51.3 cm³/mol. The lowest BCUT2D eigenvalue weighted by Gasteiger charge is -2.14. The van der Waals surface area contributed by atoms with E-state index in [2.05, 4.69) is 0 Å². The van der Waals surface area contributed by atoms with Gasteiger partial charge in [-0.15, -0.1) is 0 Å². The molecule has 1 saturated heterocycles. The Labute approximate surface area is 79.5 Å². The first-order valence-electron chi connectivity index (χ1n) is 4.31. The Morgan fingerprint density at radius 2 is 1.69 bits per heavy atom. The molecule has 0 aromatic heterocycles. The summed E-state index contributed by atoms with van der Waals surface area (Å²) in [5.74, 6) is 0.389. The molecule has 0 aromatic carbocycles. The van der Waals surface area contributed by atoms with Gasteiger partial charge in [0.25, 0.3) is 0 Å². The molecule has 0 bridgehead atoms. The minimum Gasteiger partial charge on any atom is -0.394 e. The average Bonchev–Trinajstić information content (AvgIpc) is 2.26. The van der Waals surface area contributed by atoms with Gasteiger partial charge in [-0.05, 0) is 26.7 Å². The summed E-state index contributed by atoms with van der Waals surface area (Å²) in [6.45, 7) is 3.35. The normalized spacial score (nSPS) is 23.4. The van der Waals surface area contributed by atoms with Gasteiger partial charge in [-0.3, -0.25) is 0 Å². The Morgan fingerprint density at radius 1 is 1.23 bits per heavy atom. The number of hydrogen-bond donors (Lipinski definition) is 2. The van der Waals surface area contributed by atoms with Crippen molar-refractivity contribution in [3.8, 4) is 0 Å². The van der Waals surface area contributed by atoms with Gasteiger partial charge in [0.1, 0.15) is 0 Å². The van der Waals surface area contributed by atoms with E-state index >= 15 is 0 Å². The van der Waals surface area contributed by atoms with Crippen molar-refractivity contribution in [3.05, 3.63) is 0 Å². The Kier molecular flexibility index (Phi) is 4.88. The van der Waals surface area contributed by atoms with E-state index in [1.54, 1.807) is 13.8 Å². The number of rotatable bonds is 1. The van der Waals surface area contributed by atoms with Crippen LogP contribution in [0.3, 0.4) is 0 Å². The number of sulfone groups is 1. The van der Waals surface area contributed by atoms with Crippen molar-refractivity contribution in [2.75, 3.05) is 19.0 Å². The quantitative estimate of drug-likeness (QED) is 0.636. The van der Waals surface area contributed by atoms with Crippen LogP contribution < -0.4 is 0 Å². The van der Waals surface area contributed by atoms with Crippen molar-refractivity contribution in [2.24, 2.45) is 0 Å². The van der Waals surface area contributed by atoms with Crippen LogP contribution >= 0.6 is 0 Å². The molecule has 0 amide bonds. The van der Waals surface area contributed by atoms with Gasteiger partial charge in [-0.25, -0.2) is 8.42 Å². The monoisotopic (exact) mass is 210 g/mol. The molecule has 1 heterocycles. The van der Waals surface area contributed by atoms with Gasteiger partial charge in [0, 0.05) is 0 Å². The Balaban J connectivity index is 0.000000310. The zero-order valence-electron chi connectivity index (χ0n) is 8.15. The highest BCUT2D eigenvalue weighted by Crippen LogP contribution is 2.30. The van der Waals surface area contributed by atoms with Gasteiger partial charge >= 0.3 is 0 Å². The lowest BCUT2D eigenvalue weighted by atomic mass is 10.1. The minimum absolute atomic E-state index is 0.125. The Bertz CT molecular complexity index is 229. The molecule has 0 atom stereocenters. The number of hydrogen-bond acceptors (Lipinski definition) is 4. The second-order valence-corrected chi connectivity index (χ2v) is 6.37. The van der Waals surface area contributed by atoms with Crippen LogP contribution in [0, 0.1) is 0 Å². The van der Waals surface area contributed by atoms with Crippen LogP contribution in [-0.4, -0.2) is 42.3 Å². The van der Waals surface area contributed by atoms with Crippen molar-refractivity contribution < 1.29 is 18.6 Å². The molecular formula is C8H18O4S. The van der Waals surface area contributed by atoms with E-state index in [-0.39, 0.29) is 13.2 Å². The molecule has 0 aliphatic carbocycles. The van der Waals surface area contributed by atoms with E-state index in [9.17, 15) is 8.42 Å². The second-order valence-electron chi connectivity index (χ2n) is 3.63. The van der Waals surface area contributed by atoms with Gasteiger partial charge in [-0.2, -0.15) is 0 Å². The molecule has 0 radical (unpaired) electrons. The van der Waals surface area contributed by atoms with Crippen molar-refractivity contribution in [1.82, 2.24) is 0 Å². The third kappa shape index (κ3) is 3.62. The number of aliphatic hydroxyl groups excluding tert-OH is 2. The molecule has 0 saturated carbocycles. The van der Waals surface area contributed by atoms with Crippen LogP contribution in [0.1, 0.15) is 26.7 Å². The van der Waals surface area contributed by atoms with Crippen LogP contribution in [0.2, 0.25) is 0 Å². The summed E-state index contributed by atoms with van der Waals surface area (Å²) >= 11 is 0. The summed E-state index contributed by atoms with van der Waals surface area (Å²) in [5, 5.41) is 15.2. The van der Waals surface area contributed by atoms with E-state index < -0.39 is 14.6 Å². The highest BCUT2D eigenvalue weighted by molar-refractivity contribution is 7.93. The maximum absolute atomic E-state index is 11.1. The van der Waals surface area contributed by atoms with Gasteiger partial charge in [-0.1, -0.05) is 0 Å². The second kappa shape index (κ2) is 4.93. The summed E-state index contributed by atoms with van der Waals surface area (Å²) in [4.78, 5) is 0. The molecule has 0 unspecified atom stereocenters. The molecule has 4 nitrogen and oxygen atoms in total. The summed E-state index contributed by atoms with van der Waals surface area (Å²) in [6, 6.07) is 0. The largest absolute Gasteiger partial charge is 0.394 e. The van der Waals surface area contributed by atoms with E-state index in [4.69, 9.17) is 10.2 Å². The summed E-state index contributed by atoms with van der Waals surface area (Å²) in [5.41, 5.74) is 0. The Morgan fingerprint density at radius 3 is 1.77 bits per heavy atom. The van der Waals surface area contributed by atoms with E-state index in [0.717, 1.165) is 12.8 Å². The van der Waals surface area contributed by atoms with Crippen molar-refractivity contribution in [1.29, 1.82) is 0 Å². The van der Waals surface area contributed by atoms with Gasteiger partial charge in [0.2, 0.25) is 0 Å². The summed E-state index contributed by atoms with van der Waals surface area (Å²) < 4.78 is 21.7. The lowest BCUT2D eigenvalue weighted by Crippen LogP contribution is -2.26. The smallest absolute Gasteiger partial charge is 0.155 e. The molecule has 1 fully saturated rings. The Hall–Kier alpha value is -0.130. The van der Waals surface area contributed by atoms with Crippen LogP contribution in [-0.2, 0) is 9.84 Å². The van der Waals surface area contributed by atoms with Gasteiger partial charge in [0.05, 0.1) is 23.7 Å². The zero-order valence-corrected chi connectivity index (χ0v) is 8.97. The first-order chi connectivity index (χ1) is 5.87. The molecule has 5 heteroatoms. The summed E-state index contributed by atoms with van der Waals surface area (Å²) in [6.07, 6.45) is 1.67. The molecule has 2 N–H and O–H groups in total. The minimum atomic E-state index is -2.72. The average molecular weight is 210 g/mol. The topological polar surface area (TPSA) is 74.6 Å². The molecule has 1 aliphatic rings. The van der Waals surface area contributed by atoms with Crippen molar-refractivity contribution >= 4 is 9.84 Å². The molecule has 13 heavy (non-hydrogen) atoms. The molecule has 1 rings (SSSR count). The van der Waals surface area contributed by atoms with Crippen molar-refractivity contribution in [2.45, 2.75) is 31.4 Å². The standard InChI is InChI=1S/C6H12O2S.C2H6O2/c1-6(2)4-3-5-9(6,7)8;3-1-2-4/h3-5H2,1-2H3;3-4H,1-2H2. The van der Waals surface area contributed by atoms with Crippen LogP contribution in [0.5, 0.6) is 0 Å². The fourth-order valence-electron chi connectivity index (χ4n) is 1.12. The molecular weight excluding hydrogens is 192 g/mol. The van der Waals surface area contributed by atoms with E-state index in [1.165, 1.54) is 0 Å². The molecule has 0 aromatic rings. The van der Waals surface area contributed by atoms with Gasteiger partial charge in [0.15, 0.2) is 9.84 Å². The van der Waals surface area contributed by atoms with E-state index in [0.29, 0.717) is 5.75 Å². The maximum Gasteiger partial charge on any atom is 0.155 e. The molecule has 80 valence electrons. The molecule has 0 spiro atoms. The highest BCUT2D eigenvalue weighted by Gasteiger charge is 2.38. The molecule has 1 aliphatic heterocycles. The van der Waals surface area contributed by atoms with Crippen LogP contribution in [0.15, 0.2) is 0 Å². The third-order valence-electron chi connectivity index (χ3n) is 2.13. The third-order valence-corrected chi connectivity index (χ3v) is 4.85. The maximum atomic E-state index is 11.1. The highest BCUT2D eigenvalue weighted by atomic mass is 32.2. The van der Waals surface area contributed by atoms with Gasteiger partial charge < -0.3 is 10.2 Å². The van der Waals surface area contributed by atoms with Crippen LogP contribution in [0.25, 0.3) is 0 Å². The summed E-state index contributed by atoms with van der Waals surface area (Å²) in [7, 11) is -2.72. The fourth-order valence-corrected chi connectivity index (χ4v) is 2.65. The first-order valence-corrected chi connectivity index (χ1v) is 5.96. The van der Waals surface area contributed by atoms with Crippen molar-refractivity contribution in [3.63, 3.8) is 0 Å². The SMILES string of the molecule is CC1(C)CCCS1(=O)=O.OCCO.